The molecule has 1 aromatic rings. The summed E-state index contributed by atoms with van der Waals surface area (Å²) in [4.78, 5) is 43.8. The van der Waals surface area contributed by atoms with Crippen LogP contribution in [0.1, 0.15) is 39.3 Å². The topological polar surface area (TPSA) is 94.2 Å². The molecule has 2 aliphatic rings. The van der Waals surface area contributed by atoms with Crippen molar-refractivity contribution in [3.05, 3.63) is 45.1 Å². The van der Waals surface area contributed by atoms with Crippen LogP contribution >= 0.6 is 23.2 Å². The van der Waals surface area contributed by atoms with E-state index in [1.807, 2.05) is 20.8 Å². The lowest BCUT2D eigenvalue weighted by Gasteiger charge is -2.40. The summed E-state index contributed by atoms with van der Waals surface area (Å²) in [6.07, 6.45) is 0. The number of halogens is 2. The molecule has 1 fully saturated rings. The van der Waals surface area contributed by atoms with Gasteiger partial charge < -0.3 is 20.3 Å². The van der Waals surface area contributed by atoms with E-state index in [1.165, 1.54) is 4.90 Å². The highest BCUT2D eigenvalue weighted by atomic mass is 35.5. The number of piperazine rings is 1. The zero-order valence-electron chi connectivity index (χ0n) is 20.8. The average molecular weight is 526 g/mol. The van der Waals surface area contributed by atoms with E-state index in [2.05, 4.69) is 15.5 Å². The van der Waals surface area contributed by atoms with E-state index in [4.69, 9.17) is 27.9 Å². The van der Waals surface area contributed by atoms with Gasteiger partial charge in [0, 0.05) is 51.0 Å². The Balaban J connectivity index is 1.87. The van der Waals surface area contributed by atoms with Crippen molar-refractivity contribution >= 4 is 41.2 Å². The molecule has 2 aliphatic heterocycles. The van der Waals surface area contributed by atoms with E-state index in [0.29, 0.717) is 59.6 Å². The highest BCUT2D eigenvalue weighted by molar-refractivity contribution is 6.42. The van der Waals surface area contributed by atoms with E-state index in [-0.39, 0.29) is 24.2 Å². The fraction of sp³-hybridized carbons (Fsp3) is 0.542. The summed E-state index contributed by atoms with van der Waals surface area (Å²) in [6.45, 7) is 10.4. The minimum absolute atomic E-state index is 0.0996. The van der Waals surface area contributed by atoms with Crippen molar-refractivity contribution in [3.63, 3.8) is 0 Å². The molecule has 1 aromatic carbocycles. The SMILES string of the molecule is CCOC(=O)C1=C(CN2CCN(C(=O)NC(C)(C)C)CC2)N(C)C(=O)N[C@@H]1c1ccc(Cl)c(Cl)c1. The molecule has 0 radical (unpaired) electrons. The van der Waals surface area contributed by atoms with Gasteiger partial charge in [-0.3, -0.25) is 9.80 Å². The Kier molecular flexibility index (Phi) is 8.56. The Hall–Kier alpha value is -2.49. The minimum atomic E-state index is -0.735. The molecule has 3 rings (SSSR count). The number of nitrogens with zero attached hydrogens (tertiary/aromatic N) is 3. The molecule has 4 amide bonds. The van der Waals surface area contributed by atoms with Crippen LogP contribution in [0.3, 0.4) is 0 Å². The molecule has 35 heavy (non-hydrogen) atoms. The third-order valence-corrected chi connectivity index (χ3v) is 6.60. The summed E-state index contributed by atoms with van der Waals surface area (Å²) in [5.74, 6) is -0.506. The van der Waals surface area contributed by atoms with Crippen LogP contribution in [0.4, 0.5) is 9.59 Å². The van der Waals surface area contributed by atoms with Crippen molar-refractivity contribution in [1.82, 2.24) is 25.3 Å². The Morgan fingerprint density at radius 3 is 2.37 bits per heavy atom. The van der Waals surface area contributed by atoms with Gasteiger partial charge in [-0.2, -0.15) is 0 Å². The lowest BCUT2D eigenvalue weighted by molar-refractivity contribution is -0.139. The van der Waals surface area contributed by atoms with Gasteiger partial charge in [0.15, 0.2) is 0 Å². The molecule has 9 nitrogen and oxygen atoms in total. The molecular weight excluding hydrogens is 493 g/mol. The molecule has 2 N–H and O–H groups in total. The number of urea groups is 2. The van der Waals surface area contributed by atoms with E-state index in [1.54, 1.807) is 37.1 Å². The number of amides is 4. The second-order valence-electron chi connectivity index (χ2n) is 9.64. The van der Waals surface area contributed by atoms with Crippen molar-refractivity contribution in [2.45, 2.75) is 39.3 Å². The van der Waals surface area contributed by atoms with Gasteiger partial charge >= 0.3 is 18.0 Å². The third kappa shape index (κ3) is 6.59. The number of benzene rings is 1. The van der Waals surface area contributed by atoms with Crippen LogP contribution in [0.2, 0.25) is 10.0 Å². The molecule has 0 bridgehead atoms. The van der Waals surface area contributed by atoms with E-state index in [9.17, 15) is 14.4 Å². The first-order chi connectivity index (χ1) is 16.4. The highest BCUT2D eigenvalue weighted by Gasteiger charge is 2.38. The predicted octanol–water partition coefficient (Wildman–Crippen LogP) is 3.63. The minimum Gasteiger partial charge on any atom is -0.463 e. The summed E-state index contributed by atoms with van der Waals surface area (Å²) >= 11 is 12.3. The molecule has 11 heteroatoms. The summed E-state index contributed by atoms with van der Waals surface area (Å²) in [7, 11) is 1.63. The second-order valence-corrected chi connectivity index (χ2v) is 10.5. The molecule has 1 atom stereocenters. The zero-order chi connectivity index (χ0) is 25.9. The van der Waals surface area contributed by atoms with Crippen molar-refractivity contribution in [2.75, 3.05) is 46.4 Å². The lowest BCUT2D eigenvalue weighted by atomic mass is 9.94. The predicted molar refractivity (Wildman–Crippen MR) is 135 cm³/mol. The maximum Gasteiger partial charge on any atom is 0.338 e. The third-order valence-electron chi connectivity index (χ3n) is 5.86. The van der Waals surface area contributed by atoms with Gasteiger partial charge in [0.2, 0.25) is 0 Å². The monoisotopic (exact) mass is 525 g/mol. The summed E-state index contributed by atoms with van der Waals surface area (Å²) < 4.78 is 5.37. The van der Waals surface area contributed by atoms with Gasteiger partial charge in [0.25, 0.3) is 0 Å². The van der Waals surface area contributed by atoms with Crippen LogP contribution in [-0.2, 0) is 9.53 Å². The zero-order valence-corrected chi connectivity index (χ0v) is 22.3. The molecular formula is C24H33Cl2N5O4. The number of carbonyl (C=O) groups is 3. The van der Waals surface area contributed by atoms with Gasteiger partial charge in [-0.15, -0.1) is 0 Å². The van der Waals surface area contributed by atoms with E-state index in [0.717, 1.165) is 0 Å². The van der Waals surface area contributed by atoms with Crippen LogP contribution in [0, 0.1) is 0 Å². The molecule has 0 unspecified atom stereocenters. The molecule has 0 saturated carbocycles. The molecule has 0 spiro atoms. The standard InChI is InChI=1S/C24H33Cl2N5O4/c1-6-35-21(32)19-18(14-30-9-11-31(12-10-30)23(34)28-24(2,3)4)29(5)22(33)27-20(19)15-7-8-16(25)17(26)13-15/h7-8,13,20H,6,9-12,14H2,1-5H3,(H,27,33)(H,28,34)/t20-/m1/s1. The molecule has 192 valence electrons. The Morgan fingerprint density at radius 1 is 1.14 bits per heavy atom. The fourth-order valence-corrected chi connectivity index (χ4v) is 4.37. The number of hydrogen-bond donors (Lipinski definition) is 2. The number of esters is 1. The first kappa shape index (κ1) is 27.1. The van der Waals surface area contributed by atoms with Gasteiger partial charge in [-0.1, -0.05) is 29.3 Å². The van der Waals surface area contributed by atoms with Crippen molar-refractivity contribution in [2.24, 2.45) is 0 Å². The van der Waals surface area contributed by atoms with Gasteiger partial charge in [0.05, 0.1) is 28.3 Å². The van der Waals surface area contributed by atoms with Crippen molar-refractivity contribution in [3.8, 4) is 0 Å². The smallest absolute Gasteiger partial charge is 0.338 e. The summed E-state index contributed by atoms with van der Waals surface area (Å²) in [5, 5.41) is 6.56. The van der Waals surface area contributed by atoms with Crippen LogP contribution in [-0.4, -0.2) is 84.6 Å². The maximum atomic E-state index is 13.1. The lowest BCUT2D eigenvalue weighted by Crippen LogP contribution is -2.56. The first-order valence-electron chi connectivity index (χ1n) is 11.6. The molecule has 0 aromatic heterocycles. The summed E-state index contributed by atoms with van der Waals surface area (Å²) in [5.41, 5.74) is 1.21. The van der Waals surface area contributed by atoms with E-state index < -0.39 is 12.0 Å². The number of hydrogen-bond acceptors (Lipinski definition) is 5. The van der Waals surface area contributed by atoms with Crippen LogP contribution in [0.15, 0.2) is 29.5 Å². The number of carbonyl (C=O) groups excluding carboxylic acids is 3. The molecule has 0 aliphatic carbocycles. The van der Waals surface area contributed by atoms with Crippen LogP contribution in [0.25, 0.3) is 0 Å². The Bertz CT molecular complexity index is 1020. The Morgan fingerprint density at radius 2 is 1.80 bits per heavy atom. The van der Waals surface area contributed by atoms with Crippen LogP contribution < -0.4 is 10.6 Å². The average Bonchev–Trinajstić information content (AvgIpc) is 2.78. The van der Waals surface area contributed by atoms with E-state index >= 15 is 0 Å². The van der Waals surface area contributed by atoms with Gasteiger partial charge in [0.1, 0.15) is 0 Å². The second kappa shape index (κ2) is 11.1. The molecule has 1 saturated heterocycles. The van der Waals surface area contributed by atoms with Crippen LogP contribution in [0.5, 0.6) is 0 Å². The highest BCUT2D eigenvalue weighted by Crippen LogP contribution is 2.34. The van der Waals surface area contributed by atoms with Gasteiger partial charge in [-0.05, 0) is 45.4 Å². The van der Waals surface area contributed by atoms with Crippen molar-refractivity contribution in [1.29, 1.82) is 0 Å². The maximum absolute atomic E-state index is 13.1. The number of ether oxygens (including phenoxy) is 1. The van der Waals surface area contributed by atoms with Gasteiger partial charge in [-0.25, -0.2) is 14.4 Å². The first-order valence-corrected chi connectivity index (χ1v) is 12.4. The number of nitrogens with one attached hydrogen (secondary N) is 2. The molecule has 2 heterocycles. The number of likely N-dealkylation sites (N-methyl/N-ethyl adjacent to an activating group) is 1. The number of rotatable bonds is 5. The quantitative estimate of drug-likeness (QED) is 0.572. The normalized spacial score (nSPS) is 19.5. The van der Waals surface area contributed by atoms with Crippen molar-refractivity contribution < 1.29 is 19.1 Å². The largest absolute Gasteiger partial charge is 0.463 e. The Labute approximate surface area is 216 Å². The fourth-order valence-electron chi connectivity index (χ4n) is 4.06. The summed E-state index contributed by atoms with van der Waals surface area (Å²) in [6, 6.07) is 3.83.